The molecule has 4 nitrogen and oxygen atoms in total. The highest BCUT2D eigenvalue weighted by Crippen LogP contribution is 2.44. The predicted molar refractivity (Wildman–Crippen MR) is 84.4 cm³/mol. The summed E-state index contributed by atoms with van der Waals surface area (Å²) >= 11 is 0. The summed E-state index contributed by atoms with van der Waals surface area (Å²) < 4.78 is 0. The van der Waals surface area contributed by atoms with Crippen LogP contribution in [0.2, 0.25) is 0 Å². The molecule has 2 rings (SSSR count). The first-order valence-corrected chi connectivity index (χ1v) is 7.81. The Morgan fingerprint density at radius 3 is 2.76 bits per heavy atom. The summed E-state index contributed by atoms with van der Waals surface area (Å²) in [4.78, 5) is 17.0. The molecule has 0 spiro atoms. The van der Waals surface area contributed by atoms with E-state index in [4.69, 9.17) is 5.73 Å². The summed E-state index contributed by atoms with van der Waals surface area (Å²) in [5.74, 6) is 0.475. The highest BCUT2D eigenvalue weighted by atomic mass is 16.2. The van der Waals surface area contributed by atoms with Crippen LogP contribution in [0.25, 0.3) is 0 Å². The fraction of sp³-hybridized carbons (Fsp3) is 0.647. The van der Waals surface area contributed by atoms with E-state index in [1.165, 1.54) is 0 Å². The number of hydrogen-bond donors (Lipinski definition) is 2. The van der Waals surface area contributed by atoms with Gasteiger partial charge >= 0.3 is 0 Å². The Kier molecular flexibility index (Phi) is 4.67. The van der Waals surface area contributed by atoms with E-state index in [0.717, 1.165) is 18.5 Å². The fourth-order valence-corrected chi connectivity index (χ4v) is 3.34. The summed E-state index contributed by atoms with van der Waals surface area (Å²) in [6.07, 6.45) is 3.53. The molecule has 0 bridgehead atoms. The lowest BCUT2D eigenvalue weighted by Gasteiger charge is -2.46. The van der Waals surface area contributed by atoms with Crippen LogP contribution in [0.15, 0.2) is 24.4 Å². The molecule has 4 unspecified atom stereocenters. The molecule has 0 aromatic carbocycles. The van der Waals surface area contributed by atoms with Crippen molar-refractivity contribution < 1.29 is 4.79 Å². The van der Waals surface area contributed by atoms with Crippen LogP contribution < -0.4 is 11.1 Å². The molecule has 1 aromatic heterocycles. The first-order chi connectivity index (χ1) is 9.84. The van der Waals surface area contributed by atoms with E-state index >= 15 is 0 Å². The molecule has 3 N–H and O–H groups in total. The highest BCUT2D eigenvalue weighted by Gasteiger charge is 2.45. The van der Waals surface area contributed by atoms with Crippen LogP contribution in [-0.4, -0.2) is 16.9 Å². The van der Waals surface area contributed by atoms with Crippen molar-refractivity contribution in [3.05, 3.63) is 30.1 Å². The van der Waals surface area contributed by atoms with Crippen molar-refractivity contribution in [2.75, 3.05) is 0 Å². The van der Waals surface area contributed by atoms with Gasteiger partial charge in [0.2, 0.25) is 5.91 Å². The van der Waals surface area contributed by atoms with E-state index in [2.05, 4.69) is 31.1 Å². The van der Waals surface area contributed by atoms with Crippen LogP contribution in [0.3, 0.4) is 0 Å². The first-order valence-electron chi connectivity index (χ1n) is 7.81. The molecule has 1 saturated carbocycles. The average Bonchev–Trinajstić information content (AvgIpc) is 2.45. The molecule has 0 saturated heterocycles. The zero-order chi connectivity index (χ0) is 15.6. The van der Waals surface area contributed by atoms with Gasteiger partial charge in [-0.1, -0.05) is 26.8 Å². The van der Waals surface area contributed by atoms with Crippen molar-refractivity contribution in [2.45, 2.75) is 52.6 Å². The number of carbonyl (C=O) groups is 1. The lowest BCUT2D eigenvalue weighted by atomic mass is 9.61. The lowest BCUT2D eigenvalue weighted by Crippen LogP contribution is -2.51. The second-order valence-electron chi connectivity index (χ2n) is 6.89. The Hall–Kier alpha value is -1.42. The molecule has 4 heteroatoms. The van der Waals surface area contributed by atoms with Gasteiger partial charge in [0.1, 0.15) is 0 Å². The van der Waals surface area contributed by atoms with Crippen LogP contribution in [0, 0.1) is 17.3 Å². The minimum absolute atomic E-state index is 0.0125. The monoisotopic (exact) mass is 289 g/mol. The molecule has 21 heavy (non-hydrogen) atoms. The summed E-state index contributed by atoms with van der Waals surface area (Å²) in [5.41, 5.74) is 6.98. The van der Waals surface area contributed by atoms with Crippen molar-refractivity contribution in [1.29, 1.82) is 0 Å². The van der Waals surface area contributed by atoms with Gasteiger partial charge in [0.15, 0.2) is 0 Å². The molecule has 1 aliphatic rings. The van der Waals surface area contributed by atoms with Crippen molar-refractivity contribution >= 4 is 5.91 Å². The lowest BCUT2D eigenvalue weighted by molar-refractivity contribution is -0.133. The molecular weight excluding hydrogens is 262 g/mol. The number of nitrogens with two attached hydrogens (primary N) is 1. The second-order valence-corrected chi connectivity index (χ2v) is 6.89. The maximum Gasteiger partial charge on any atom is 0.224 e. The third-order valence-corrected chi connectivity index (χ3v) is 5.31. The fourth-order valence-electron chi connectivity index (χ4n) is 3.34. The number of aromatic nitrogens is 1. The number of rotatable bonds is 3. The average molecular weight is 289 g/mol. The summed E-state index contributed by atoms with van der Waals surface area (Å²) in [5, 5.41) is 3.11. The minimum Gasteiger partial charge on any atom is -0.348 e. The second kappa shape index (κ2) is 6.14. The highest BCUT2D eigenvalue weighted by molar-refractivity contribution is 5.80. The topological polar surface area (TPSA) is 68.0 Å². The van der Waals surface area contributed by atoms with Crippen LogP contribution in [0.5, 0.6) is 0 Å². The van der Waals surface area contributed by atoms with Crippen LogP contribution in [0.4, 0.5) is 0 Å². The van der Waals surface area contributed by atoms with E-state index in [1.54, 1.807) is 6.20 Å². The summed E-state index contributed by atoms with van der Waals surface area (Å²) in [7, 11) is 0. The van der Waals surface area contributed by atoms with Gasteiger partial charge in [-0.05, 0) is 43.2 Å². The number of nitrogens with zero attached hydrogens (tertiary/aromatic N) is 1. The number of hydrogen-bond acceptors (Lipinski definition) is 3. The van der Waals surface area contributed by atoms with Gasteiger partial charge in [-0.3, -0.25) is 9.78 Å². The largest absolute Gasteiger partial charge is 0.348 e. The van der Waals surface area contributed by atoms with Crippen LogP contribution >= 0.6 is 0 Å². The summed E-state index contributed by atoms with van der Waals surface area (Å²) in [6.45, 7) is 8.45. The van der Waals surface area contributed by atoms with E-state index in [9.17, 15) is 4.79 Å². The van der Waals surface area contributed by atoms with Gasteiger partial charge in [-0.2, -0.15) is 0 Å². The SMILES string of the molecule is CC(NC(=O)C1CCC(N)C(C)C1(C)C)c1ccccn1. The zero-order valence-electron chi connectivity index (χ0n) is 13.5. The molecule has 1 heterocycles. The first kappa shape index (κ1) is 16.0. The van der Waals surface area contributed by atoms with Gasteiger partial charge in [0.25, 0.3) is 0 Å². The quantitative estimate of drug-likeness (QED) is 0.899. The smallest absolute Gasteiger partial charge is 0.224 e. The number of nitrogens with one attached hydrogen (secondary N) is 1. The Bertz CT molecular complexity index is 486. The minimum atomic E-state index is -0.0778. The maximum absolute atomic E-state index is 12.7. The number of amides is 1. The molecular formula is C17H27N3O. The molecule has 4 atom stereocenters. The van der Waals surface area contributed by atoms with Gasteiger partial charge in [-0.15, -0.1) is 0 Å². The molecule has 1 fully saturated rings. The van der Waals surface area contributed by atoms with Gasteiger partial charge in [0, 0.05) is 18.2 Å². The van der Waals surface area contributed by atoms with Crippen LogP contribution in [0.1, 0.15) is 52.3 Å². The Morgan fingerprint density at radius 1 is 1.43 bits per heavy atom. The van der Waals surface area contributed by atoms with E-state index in [0.29, 0.717) is 5.92 Å². The van der Waals surface area contributed by atoms with Gasteiger partial charge in [0.05, 0.1) is 11.7 Å². The van der Waals surface area contributed by atoms with E-state index in [-0.39, 0.29) is 29.3 Å². The Labute approximate surface area is 127 Å². The molecule has 116 valence electrons. The Morgan fingerprint density at radius 2 is 2.14 bits per heavy atom. The van der Waals surface area contributed by atoms with Gasteiger partial charge in [-0.25, -0.2) is 0 Å². The van der Waals surface area contributed by atoms with Crippen LogP contribution in [-0.2, 0) is 4.79 Å². The summed E-state index contributed by atoms with van der Waals surface area (Å²) in [6, 6.07) is 5.88. The van der Waals surface area contributed by atoms with Crippen molar-refractivity contribution in [3.8, 4) is 0 Å². The standard InChI is InChI=1S/C17H27N3O/c1-11-14(18)9-8-13(17(11,3)4)16(21)20-12(2)15-7-5-6-10-19-15/h5-7,10-14H,8-9,18H2,1-4H3,(H,20,21). The van der Waals surface area contributed by atoms with Crippen molar-refractivity contribution in [1.82, 2.24) is 10.3 Å². The van der Waals surface area contributed by atoms with Crippen molar-refractivity contribution in [2.24, 2.45) is 23.0 Å². The molecule has 1 aliphatic carbocycles. The molecule has 0 aliphatic heterocycles. The molecule has 1 amide bonds. The zero-order valence-corrected chi connectivity index (χ0v) is 13.5. The third-order valence-electron chi connectivity index (χ3n) is 5.31. The predicted octanol–water partition coefficient (Wildman–Crippen LogP) is 2.66. The number of pyridine rings is 1. The third kappa shape index (κ3) is 3.26. The van der Waals surface area contributed by atoms with E-state index in [1.807, 2.05) is 25.1 Å². The number of carbonyl (C=O) groups excluding carboxylic acids is 1. The Balaban J connectivity index is 2.06. The molecule has 0 radical (unpaired) electrons. The van der Waals surface area contributed by atoms with Gasteiger partial charge < -0.3 is 11.1 Å². The maximum atomic E-state index is 12.7. The molecule has 1 aromatic rings. The van der Waals surface area contributed by atoms with Crippen molar-refractivity contribution in [3.63, 3.8) is 0 Å². The van der Waals surface area contributed by atoms with E-state index < -0.39 is 0 Å². The normalized spacial score (nSPS) is 29.7.